The largest absolute Gasteiger partial charge is 0.493 e. The van der Waals surface area contributed by atoms with Gasteiger partial charge in [0.25, 0.3) is 5.91 Å². The molecule has 3 rings (SSSR count). The number of aliphatic imine (C=N–C) groups is 1. The summed E-state index contributed by atoms with van der Waals surface area (Å²) in [7, 11) is 1.57. The lowest BCUT2D eigenvalue weighted by molar-refractivity contribution is -0.115. The number of thioether (sulfide) groups is 1. The molecular formula is C21H19BrN2O3S. The predicted octanol–water partition coefficient (Wildman–Crippen LogP) is 5.22. The van der Waals surface area contributed by atoms with Crippen molar-refractivity contribution in [2.45, 2.75) is 6.92 Å². The van der Waals surface area contributed by atoms with Crippen LogP contribution in [0, 0.1) is 6.92 Å². The first-order valence-corrected chi connectivity index (χ1v) is 10.1. The van der Waals surface area contributed by atoms with Crippen LogP contribution in [-0.4, -0.2) is 24.8 Å². The molecule has 5 nitrogen and oxygen atoms in total. The van der Waals surface area contributed by atoms with Crippen LogP contribution in [0.5, 0.6) is 11.5 Å². The smallest absolute Gasteiger partial charge is 0.264 e. The average molecular weight is 459 g/mol. The van der Waals surface area contributed by atoms with E-state index in [0.29, 0.717) is 28.2 Å². The first-order chi connectivity index (χ1) is 13.5. The van der Waals surface area contributed by atoms with Gasteiger partial charge in [0, 0.05) is 0 Å². The highest BCUT2D eigenvalue weighted by atomic mass is 79.9. The number of carbonyl (C=O) groups is 1. The molecule has 0 atom stereocenters. The first kappa shape index (κ1) is 20.2. The zero-order valence-corrected chi connectivity index (χ0v) is 17.9. The molecule has 1 N–H and O–H groups in total. The number of amides is 1. The summed E-state index contributed by atoms with van der Waals surface area (Å²) in [6, 6.07) is 11.5. The van der Waals surface area contributed by atoms with E-state index in [-0.39, 0.29) is 5.91 Å². The van der Waals surface area contributed by atoms with Crippen LogP contribution in [0.1, 0.15) is 11.1 Å². The standard InChI is InChI=1S/C21H19BrN2O3S/c1-4-9-27-19-16(22)10-14(11-17(19)26-3)12-18-20(25)24-21(28-18)23-15-7-5-13(2)6-8-15/h4-8,10-12H,1,9H2,2-3H3,(H,23,24,25)/b18-12-. The zero-order valence-electron chi connectivity index (χ0n) is 15.5. The number of benzene rings is 2. The minimum absolute atomic E-state index is 0.182. The summed E-state index contributed by atoms with van der Waals surface area (Å²) in [5, 5.41) is 3.35. The Morgan fingerprint density at radius 2 is 2.04 bits per heavy atom. The van der Waals surface area contributed by atoms with Crippen molar-refractivity contribution >= 4 is 50.5 Å². The summed E-state index contributed by atoms with van der Waals surface area (Å²) in [6.45, 7) is 6.03. The Morgan fingerprint density at radius 3 is 2.71 bits per heavy atom. The maximum atomic E-state index is 12.3. The van der Waals surface area contributed by atoms with E-state index in [1.807, 2.05) is 43.3 Å². The Bertz CT molecular complexity index is 968. The van der Waals surface area contributed by atoms with Crippen molar-refractivity contribution in [1.82, 2.24) is 5.32 Å². The van der Waals surface area contributed by atoms with Crippen LogP contribution in [0.4, 0.5) is 5.69 Å². The number of ether oxygens (including phenoxy) is 2. The fourth-order valence-electron chi connectivity index (χ4n) is 2.47. The first-order valence-electron chi connectivity index (χ1n) is 8.47. The van der Waals surface area contributed by atoms with Crippen LogP contribution in [0.3, 0.4) is 0 Å². The van der Waals surface area contributed by atoms with E-state index in [0.717, 1.165) is 21.3 Å². The highest BCUT2D eigenvalue weighted by Gasteiger charge is 2.24. The van der Waals surface area contributed by atoms with Crippen molar-refractivity contribution in [2.75, 3.05) is 13.7 Å². The molecule has 7 heteroatoms. The van der Waals surface area contributed by atoms with E-state index in [1.54, 1.807) is 19.3 Å². The van der Waals surface area contributed by atoms with Gasteiger partial charge in [-0.25, -0.2) is 4.99 Å². The van der Waals surface area contributed by atoms with E-state index in [9.17, 15) is 4.79 Å². The maximum Gasteiger partial charge on any atom is 0.264 e. The van der Waals surface area contributed by atoms with Gasteiger partial charge in [-0.05, 0) is 70.5 Å². The minimum atomic E-state index is -0.182. The molecule has 28 heavy (non-hydrogen) atoms. The minimum Gasteiger partial charge on any atom is -0.493 e. The third-order valence-corrected chi connectivity index (χ3v) is 5.31. The molecule has 1 aliphatic rings. The maximum absolute atomic E-state index is 12.3. The molecule has 0 aromatic heterocycles. The van der Waals surface area contributed by atoms with E-state index in [4.69, 9.17) is 9.47 Å². The lowest BCUT2D eigenvalue weighted by Gasteiger charge is -2.12. The van der Waals surface area contributed by atoms with Gasteiger partial charge in [-0.15, -0.1) is 0 Å². The Balaban J connectivity index is 1.85. The summed E-state index contributed by atoms with van der Waals surface area (Å²) < 4.78 is 11.8. The molecular weight excluding hydrogens is 440 g/mol. The third-order valence-electron chi connectivity index (χ3n) is 3.81. The Hall–Kier alpha value is -2.51. The molecule has 0 aliphatic carbocycles. The molecule has 0 bridgehead atoms. The molecule has 1 amide bonds. The van der Waals surface area contributed by atoms with E-state index < -0.39 is 0 Å². The topological polar surface area (TPSA) is 59.9 Å². The molecule has 0 radical (unpaired) electrons. The van der Waals surface area contributed by atoms with Gasteiger partial charge in [-0.1, -0.05) is 30.4 Å². The van der Waals surface area contributed by atoms with Crippen molar-refractivity contribution in [3.63, 3.8) is 0 Å². The van der Waals surface area contributed by atoms with Gasteiger partial charge < -0.3 is 14.8 Å². The summed E-state index contributed by atoms with van der Waals surface area (Å²) in [4.78, 5) is 17.4. The molecule has 0 spiro atoms. The number of amidine groups is 1. The normalized spacial score (nSPS) is 16.3. The van der Waals surface area contributed by atoms with Gasteiger partial charge in [0.15, 0.2) is 16.7 Å². The molecule has 0 unspecified atom stereocenters. The molecule has 144 valence electrons. The number of hydrogen-bond donors (Lipinski definition) is 1. The number of rotatable bonds is 6. The summed E-state index contributed by atoms with van der Waals surface area (Å²) in [6.07, 6.45) is 3.46. The number of carbonyl (C=O) groups excluding carboxylic acids is 1. The molecule has 1 heterocycles. The van der Waals surface area contributed by atoms with Gasteiger partial charge in [-0.2, -0.15) is 0 Å². The summed E-state index contributed by atoms with van der Waals surface area (Å²) >= 11 is 4.80. The molecule has 2 aromatic rings. The van der Waals surface area contributed by atoms with Crippen LogP contribution in [0.2, 0.25) is 0 Å². The second-order valence-corrected chi connectivity index (χ2v) is 7.84. The quantitative estimate of drug-likeness (QED) is 0.475. The van der Waals surface area contributed by atoms with Gasteiger partial charge >= 0.3 is 0 Å². The number of methoxy groups -OCH3 is 1. The highest BCUT2D eigenvalue weighted by molar-refractivity contribution is 9.10. The SMILES string of the molecule is C=CCOc1c(Br)cc(/C=C2\SC(=Nc3ccc(C)cc3)NC2=O)cc1OC. The summed E-state index contributed by atoms with van der Waals surface area (Å²) in [5.74, 6) is 0.979. The van der Waals surface area contributed by atoms with Crippen LogP contribution in [0.25, 0.3) is 6.08 Å². The zero-order chi connectivity index (χ0) is 20.1. The molecule has 0 saturated carbocycles. The highest BCUT2D eigenvalue weighted by Crippen LogP contribution is 2.38. The Morgan fingerprint density at radius 1 is 1.29 bits per heavy atom. The van der Waals surface area contributed by atoms with Crippen molar-refractivity contribution in [2.24, 2.45) is 4.99 Å². The van der Waals surface area contributed by atoms with Gasteiger partial charge in [-0.3, -0.25) is 4.79 Å². The average Bonchev–Trinajstić information content (AvgIpc) is 3.01. The monoisotopic (exact) mass is 458 g/mol. The van der Waals surface area contributed by atoms with E-state index in [1.165, 1.54) is 11.8 Å². The Kier molecular flexibility index (Phi) is 6.59. The van der Waals surface area contributed by atoms with Crippen LogP contribution < -0.4 is 14.8 Å². The van der Waals surface area contributed by atoms with Gasteiger partial charge in [0.05, 0.1) is 22.2 Å². The van der Waals surface area contributed by atoms with Crippen LogP contribution in [-0.2, 0) is 4.79 Å². The van der Waals surface area contributed by atoms with Crippen LogP contribution in [0.15, 0.2) is 63.4 Å². The molecule has 1 saturated heterocycles. The molecule has 2 aromatic carbocycles. The lowest BCUT2D eigenvalue weighted by atomic mass is 10.2. The van der Waals surface area contributed by atoms with Gasteiger partial charge in [0.2, 0.25) is 0 Å². The fraction of sp³-hybridized carbons (Fsp3) is 0.143. The second-order valence-electron chi connectivity index (χ2n) is 5.95. The predicted molar refractivity (Wildman–Crippen MR) is 118 cm³/mol. The number of hydrogen-bond acceptors (Lipinski definition) is 5. The molecule has 1 aliphatic heterocycles. The van der Waals surface area contributed by atoms with Crippen molar-refractivity contribution in [3.05, 3.63) is 69.6 Å². The lowest BCUT2D eigenvalue weighted by Crippen LogP contribution is -2.19. The van der Waals surface area contributed by atoms with Crippen molar-refractivity contribution in [1.29, 1.82) is 0 Å². The second kappa shape index (κ2) is 9.12. The number of halogens is 1. The number of nitrogens with one attached hydrogen (secondary N) is 1. The van der Waals surface area contributed by atoms with E-state index >= 15 is 0 Å². The third kappa shape index (κ3) is 4.85. The molecule has 1 fully saturated rings. The number of nitrogens with zero attached hydrogens (tertiary/aromatic N) is 1. The summed E-state index contributed by atoms with van der Waals surface area (Å²) in [5.41, 5.74) is 2.76. The van der Waals surface area contributed by atoms with Crippen LogP contribution >= 0.6 is 27.7 Å². The van der Waals surface area contributed by atoms with E-state index in [2.05, 4.69) is 32.8 Å². The Labute approximate surface area is 176 Å². The van der Waals surface area contributed by atoms with Crippen molar-refractivity contribution in [3.8, 4) is 11.5 Å². The van der Waals surface area contributed by atoms with Crippen molar-refractivity contribution < 1.29 is 14.3 Å². The fourth-order valence-corrected chi connectivity index (χ4v) is 3.89. The number of aryl methyl sites for hydroxylation is 1. The van der Waals surface area contributed by atoms with Gasteiger partial charge in [0.1, 0.15) is 6.61 Å².